The molecule has 0 fully saturated rings. The highest BCUT2D eigenvalue weighted by Gasteiger charge is 2.20. The lowest BCUT2D eigenvalue weighted by Gasteiger charge is -2.28. The fourth-order valence-corrected chi connectivity index (χ4v) is 1.70. The van der Waals surface area contributed by atoms with Gasteiger partial charge in [0.15, 0.2) is 11.6 Å². The number of anilines is 1. The van der Waals surface area contributed by atoms with E-state index in [0.717, 1.165) is 12.1 Å². The summed E-state index contributed by atoms with van der Waals surface area (Å²) in [7, 11) is 0. The molecule has 1 aromatic carbocycles. The Hall–Kier alpha value is -2.14. The standard InChI is InChI=1S/C13H13F2N3/c1-9(2)18(5-3-4-16)13-11(14)6-10(8-17)7-12(13)15/h6-7,9H,3,5H2,1-2H3. The molecule has 0 bridgehead atoms. The van der Waals surface area contributed by atoms with E-state index in [2.05, 4.69) is 0 Å². The predicted octanol–water partition coefficient (Wildman–Crippen LogP) is 2.96. The van der Waals surface area contributed by atoms with Crippen molar-refractivity contribution in [1.82, 2.24) is 0 Å². The molecule has 0 heterocycles. The zero-order valence-electron chi connectivity index (χ0n) is 10.2. The van der Waals surface area contributed by atoms with Crippen molar-refractivity contribution in [1.29, 1.82) is 10.5 Å². The summed E-state index contributed by atoms with van der Waals surface area (Å²) in [5.41, 5.74) is -0.239. The number of nitriles is 2. The molecule has 94 valence electrons. The molecule has 0 radical (unpaired) electrons. The lowest BCUT2D eigenvalue weighted by atomic mass is 10.1. The SMILES string of the molecule is CC(C)N(CCC#N)c1c(F)cc(C#N)cc1F. The van der Waals surface area contributed by atoms with Gasteiger partial charge in [0.25, 0.3) is 0 Å². The molecule has 0 saturated heterocycles. The Bertz CT molecular complexity index is 489. The number of hydrogen-bond donors (Lipinski definition) is 0. The topological polar surface area (TPSA) is 50.8 Å². The second-order valence-corrected chi connectivity index (χ2v) is 4.10. The molecule has 0 aliphatic rings. The Morgan fingerprint density at radius 3 is 2.17 bits per heavy atom. The molecule has 0 aliphatic carbocycles. The van der Waals surface area contributed by atoms with Crippen LogP contribution in [0.2, 0.25) is 0 Å². The predicted molar refractivity (Wildman–Crippen MR) is 63.8 cm³/mol. The maximum atomic E-state index is 13.8. The fourth-order valence-electron chi connectivity index (χ4n) is 1.70. The van der Waals surface area contributed by atoms with Gasteiger partial charge in [-0.1, -0.05) is 0 Å². The van der Waals surface area contributed by atoms with E-state index in [-0.39, 0.29) is 30.3 Å². The summed E-state index contributed by atoms with van der Waals surface area (Å²) in [4.78, 5) is 1.48. The van der Waals surface area contributed by atoms with E-state index in [1.807, 2.05) is 6.07 Å². The number of rotatable bonds is 4. The van der Waals surface area contributed by atoms with Crippen LogP contribution in [0.25, 0.3) is 0 Å². The molecule has 0 atom stereocenters. The number of nitrogens with zero attached hydrogens (tertiary/aromatic N) is 3. The van der Waals surface area contributed by atoms with Crippen LogP contribution < -0.4 is 4.90 Å². The zero-order valence-corrected chi connectivity index (χ0v) is 10.2. The smallest absolute Gasteiger partial charge is 0.150 e. The lowest BCUT2D eigenvalue weighted by molar-refractivity contribution is 0.555. The van der Waals surface area contributed by atoms with Crippen LogP contribution in [0.4, 0.5) is 14.5 Å². The van der Waals surface area contributed by atoms with E-state index >= 15 is 0 Å². The van der Waals surface area contributed by atoms with Crippen molar-refractivity contribution in [2.24, 2.45) is 0 Å². The fraction of sp³-hybridized carbons (Fsp3) is 0.385. The van der Waals surface area contributed by atoms with Crippen molar-refractivity contribution >= 4 is 5.69 Å². The first-order chi connectivity index (χ1) is 8.51. The highest BCUT2D eigenvalue weighted by molar-refractivity contribution is 5.53. The molecule has 1 aromatic rings. The van der Waals surface area contributed by atoms with Crippen LogP contribution in [0.5, 0.6) is 0 Å². The molecule has 1 rings (SSSR count). The van der Waals surface area contributed by atoms with Gasteiger partial charge in [0.05, 0.1) is 24.1 Å². The first-order valence-corrected chi connectivity index (χ1v) is 5.54. The Labute approximate surface area is 105 Å². The summed E-state index contributed by atoms with van der Waals surface area (Å²) in [6.45, 7) is 3.82. The third-order valence-corrected chi connectivity index (χ3v) is 2.52. The van der Waals surface area contributed by atoms with Crippen molar-refractivity contribution in [3.63, 3.8) is 0 Å². The van der Waals surface area contributed by atoms with Gasteiger partial charge in [-0.25, -0.2) is 8.78 Å². The van der Waals surface area contributed by atoms with Crippen LogP contribution in [-0.4, -0.2) is 12.6 Å². The molecule has 0 spiro atoms. The third-order valence-electron chi connectivity index (χ3n) is 2.52. The van der Waals surface area contributed by atoms with Gasteiger partial charge in [0, 0.05) is 12.6 Å². The van der Waals surface area contributed by atoms with Crippen molar-refractivity contribution in [2.75, 3.05) is 11.4 Å². The molecular weight excluding hydrogens is 236 g/mol. The van der Waals surface area contributed by atoms with Gasteiger partial charge in [-0.2, -0.15) is 10.5 Å². The normalized spacial score (nSPS) is 9.94. The first-order valence-electron chi connectivity index (χ1n) is 5.54. The van der Waals surface area contributed by atoms with E-state index in [1.54, 1.807) is 19.9 Å². The van der Waals surface area contributed by atoms with Gasteiger partial charge < -0.3 is 4.90 Å². The van der Waals surface area contributed by atoms with Crippen molar-refractivity contribution in [3.05, 3.63) is 29.3 Å². The number of halogens is 2. The minimum atomic E-state index is -0.779. The van der Waals surface area contributed by atoms with Crippen LogP contribution in [0.3, 0.4) is 0 Å². The summed E-state index contributed by atoms with van der Waals surface area (Å²) in [6, 6.07) is 5.50. The Kier molecular flexibility index (Phi) is 4.62. The largest absolute Gasteiger partial charge is 0.363 e. The first kappa shape index (κ1) is 13.9. The van der Waals surface area contributed by atoms with E-state index in [0.29, 0.717) is 0 Å². The monoisotopic (exact) mass is 249 g/mol. The Balaban J connectivity index is 3.21. The zero-order chi connectivity index (χ0) is 13.7. The summed E-state index contributed by atoms with van der Waals surface area (Å²) in [6.07, 6.45) is 0.178. The summed E-state index contributed by atoms with van der Waals surface area (Å²) >= 11 is 0. The number of benzene rings is 1. The lowest BCUT2D eigenvalue weighted by Crippen LogP contribution is -2.33. The summed E-state index contributed by atoms with van der Waals surface area (Å²) < 4.78 is 27.6. The van der Waals surface area contributed by atoms with Crippen LogP contribution >= 0.6 is 0 Å². The van der Waals surface area contributed by atoms with E-state index in [1.165, 1.54) is 4.90 Å². The maximum Gasteiger partial charge on any atom is 0.150 e. The van der Waals surface area contributed by atoms with Gasteiger partial charge in [-0.15, -0.1) is 0 Å². The third kappa shape index (κ3) is 2.95. The molecule has 0 aromatic heterocycles. The highest BCUT2D eigenvalue weighted by atomic mass is 19.1. The molecule has 5 heteroatoms. The van der Waals surface area contributed by atoms with Gasteiger partial charge in [-0.3, -0.25) is 0 Å². The summed E-state index contributed by atoms with van der Waals surface area (Å²) in [5.74, 6) is -1.56. The van der Waals surface area contributed by atoms with Crippen molar-refractivity contribution < 1.29 is 8.78 Å². The molecule has 0 unspecified atom stereocenters. The summed E-state index contributed by atoms with van der Waals surface area (Å²) in [5, 5.41) is 17.2. The molecule has 0 N–H and O–H groups in total. The van der Waals surface area contributed by atoms with Gasteiger partial charge >= 0.3 is 0 Å². The minimum Gasteiger partial charge on any atom is -0.363 e. The second kappa shape index (κ2) is 5.97. The van der Waals surface area contributed by atoms with Crippen LogP contribution in [0, 0.1) is 34.3 Å². The molecule has 3 nitrogen and oxygen atoms in total. The van der Waals surface area contributed by atoms with Crippen LogP contribution in [-0.2, 0) is 0 Å². The van der Waals surface area contributed by atoms with Crippen LogP contribution in [0.1, 0.15) is 25.8 Å². The average Bonchev–Trinajstić information content (AvgIpc) is 2.31. The second-order valence-electron chi connectivity index (χ2n) is 4.10. The Morgan fingerprint density at radius 2 is 1.78 bits per heavy atom. The molecule has 0 saturated carbocycles. The number of hydrogen-bond acceptors (Lipinski definition) is 3. The molecule has 0 aliphatic heterocycles. The van der Waals surface area contributed by atoms with Crippen molar-refractivity contribution in [3.8, 4) is 12.1 Å². The molecule has 0 amide bonds. The average molecular weight is 249 g/mol. The van der Waals surface area contributed by atoms with Gasteiger partial charge in [0.1, 0.15) is 5.69 Å². The molecule has 18 heavy (non-hydrogen) atoms. The van der Waals surface area contributed by atoms with Gasteiger partial charge in [-0.05, 0) is 26.0 Å². The minimum absolute atomic E-state index is 0.0576. The maximum absolute atomic E-state index is 13.8. The Morgan fingerprint density at radius 1 is 1.22 bits per heavy atom. The highest BCUT2D eigenvalue weighted by Crippen LogP contribution is 2.26. The van der Waals surface area contributed by atoms with Crippen LogP contribution in [0.15, 0.2) is 12.1 Å². The van der Waals surface area contributed by atoms with Gasteiger partial charge in [0.2, 0.25) is 0 Å². The molecular formula is C13H13F2N3. The quantitative estimate of drug-likeness (QED) is 0.824. The van der Waals surface area contributed by atoms with E-state index < -0.39 is 11.6 Å². The van der Waals surface area contributed by atoms with E-state index in [4.69, 9.17) is 10.5 Å². The van der Waals surface area contributed by atoms with Crippen molar-refractivity contribution in [2.45, 2.75) is 26.3 Å². The van der Waals surface area contributed by atoms with E-state index in [9.17, 15) is 8.78 Å².